The van der Waals surface area contributed by atoms with Crippen LogP contribution in [0.2, 0.25) is 0 Å². The lowest BCUT2D eigenvalue weighted by Gasteiger charge is -2.32. The van der Waals surface area contributed by atoms with Gasteiger partial charge >= 0.3 is 5.97 Å². The summed E-state index contributed by atoms with van der Waals surface area (Å²) in [5.41, 5.74) is 0.971. The number of ether oxygens (including phenoxy) is 2. The van der Waals surface area contributed by atoms with Crippen molar-refractivity contribution in [3.63, 3.8) is 0 Å². The summed E-state index contributed by atoms with van der Waals surface area (Å²) in [7, 11) is 1.63. The number of carbonyl (C=O) groups is 2. The third kappa shape index (κ3) is 5.23. The highest BCUT2D eigenvalue weighted by Gasteiger charge is 2.45. The molecule has 1 aliphatic carbocycles. The van der Waals surface area contributed by atoms with Crippen molar-refractivity contribution in [3.8, 4) is 5.75 Å². The Bertz CT molecular complexity index is 663. The molecule has 1 aromatic carbocycles. The summed E-state index contributed by atoms with van der Waals surface area (Å²) < 4.78 is 10.5. The Morgan fingerprint density at radius 3 is 2.64 bits per heavy atom. The lowest BCUT2D eigenvalue weighted by Crippen LogP contribution is -2.47. The average Bonchev–Trinajstić information content (AvgIpc) is 3.06. The van der Waals surface area contributed by atoms with E-state index in [1.54, 1.807) is 7.11 Å². The first-order chi connectivity index (χ1) is 13.6. The summed E-state index contributed by atoms with van der Waals surface area (Å²) in [6, 6.07) is 7.24. The normalized spacial score (nSPS) is 24.5. The van der Waals surface area contributed by atoms with Gasteiger partial charge in [0.25, 0.3) is 0 Å². The molecule has 1 aromatic rings. The molecule has 7 heteroatoms. The van der Waals surface area contributed by atoms with Gasteiger partial charge in [0.15, 0.2) is 0 Å². The highest BCUT2D eigenvalue weighted by atomic mass is 16.5. The molecule has 0 bridgehead atoms. The number of benzene rings is 1. The van der Waals surface area contributed by atoms with E-state index in [2.05, 4.69) is 5.32 Å². The van der Waals surface area contributed by atoms with Crippen LogP contribution >= 0.6 is 0 Å². The van der Waals surface area contributed by atoms with Gasteiger partial charge in [0, 0.05) is 19.7 Å². The first-order valence-electron chi connectivity index (χ1n) is 10.0. The number of carboxylic acid groups (broad SMARTS) is 1. The molecule has 7 nitrogen and oxygen atoms in total. The molecular weight excluding hydrogens is 360 g/mol. The van der Waals surface area contributed by atoms with Gasteiger partial charge in [-0.15, -0.1) is 0 Å². The Hall–Kier alpha value is -2.12. The predicted molar refractivity (Wildman–Crippen MR) is 104 cm³/mol. The topological polar surface area (TPSA) is 88.1 Å². The molecule has 3 unspecified atom stereocenters. The van der Waals surface area contributed by atoms with Crippen LogP contribution in [0.5, 0.6) is 5.75 Å². The van der Waals surface area contributed by atoms with E-state index in [0.29, 0.717) is 32.1 Å². The fourth-order valence-corrected chi connectivity index (χ4v) is 4.39. The minimum Gasteiger partial charge on any atom is -0.491 e. The van der Waals surface area contributed by atoms with Crippen molar-refractivity contribution in [2.45, 2.75) is 50.7 Å². The number of hydrogen-bond donors (Lipinski definition) is 2. The quantitative estimate of drug-likeness (QED) is 0.628. The Labute approximate surface area is 166 Å². The van der Waals surface area contributed by atoms with E-state index in [-0.39, 0.29) is 18.5 Å². The molecule has 1 amide bonds. The Balaban J connectivity index is 1.49. The third-order valence-corrected chi connectivity index (χ3v) is 5.80. The zero-order valence-electron chi connectivity index (χ0n) is 16.4. The molecule has 28 heavy (non-hydrogen) atoms. The maximum absolute atomic E-state index is 12.5. The third-order valence-electron chi connectivity index (χ3n) is 5.80. The molecular formula is C21H30N2O5. The second-order valence-corrected chi connectivity index (χ2v) is 7.64. The standard InChI is InChI=1S/C21H30N2O5/c1-27-10-11-28-17-8-6-15(7-9-17)13-22-20(24)14-23-18-5-3-2-4-16(18)12-19(23)21(25)26/h6-9,16,18-19H,2-5,10-14H2,1H3,(H,22,24)(H,25,26). The van der Waals surface area contributed by atoms with E-state index in [0.717, 1.165) is 30.6 Å². The van der Waals surface area contributed by atoms with Gasteiger partial charge in [-0.1, -0.05) is 25.0 Å². The number of amides is 1. The van der Waals surface area contributed by atoms with Crippen LogP contribution in [0.15, 0.2) is 24.3 Å². The minimum atomic E-state index is -0.814. The van der Waals surface area contributed by atoms with Crippen LogP contribution in [0.3, 0.4) is 0 Å². The van der Waals surface area contributed by atoms with Crippen molar-refractivity contribution in [1.29, 1.82) is 0 Å². The van der Waals surface area contributed by atoms with Gasteiger partial charge < -0.3 is 19.9 Å². The maximum Gasteiger partial charge on any atom is 0.320 e. The van der Waals surface area contributed by atoms with E-state index in [9.17, 15) is 14.7 Å². The first-order valence-corrected chi connectivity index (χ1v) is 10.0. The van der Waals surface area contributed by atoms with Gasteiger partial charge in [0.2, 0.25) is 5.91 Å². The second kappa shape index (κ2) is 9.89. The lowest BCUT2D eigenvalue weighted by molar-refractivity contribution is -0.143. The van der Waals surface area contributed by atoms with Crippen LogP contribution in [0.4, 0.5) is 0 Å². The van der Waals surface area contributed by atoms with Gasteiger partial charge in [-0.25, -0.2) is 0 Å². The van der Waals surface area contributed by atoms with Gasteiger partial charge in [0.1, 0.15) is 18.4 Å². The van der Waals surface area contributed by atoms with Crippen molar-refractivity contribution in [2.75, 3.05) is 26.9 Å². The minimum absolute atomic E-state index is 0.127. The number of fused-ring (bicyclic) bond motifs is 1. The molecule has 1 saturated heterocycles. The summed E-state index contributed by atoms with van der Waals surface area (Å²) in [5.74, 6) is 0.231. The molecule has 3 atom stereocenters. The molecule has 154 valence electrons. The van der Waals surface area contributed by atoms with E-state index in [1.807, 2.05) is 29.2 Å². The largest absolute Gasteiger partial charge is 0.491 e. The Morgan fingerprint density at radius 2 is 1.93 bits per heavy atom. The van der Waals surface area contributed by atoms with Gasteiger partial charge in [-0.05, 0) is 42.9 Å². The zero-order chi connectivity index (χ0) is 19.9. The van der Waals surface area contributed by atoms with Gasteiger partial charge in [-0.3, -0.25) is 14.5 Å². The summed E-state index contributed by atoms with van der Waals surface area (Å²) in [6.45, 7) is 1.59. The summed E-state index contributed by atoms with van der Waals surface area (Å²) in [5, 5.41) is 12.5. The molecule has 1 saturated carbocycles. The van der Waals surface area contributed by atoms with Crippen molar-refractivity contribution in [1.82, 2.24) is 10.2 Å². The molecule has 0 spiro atoms. The first kappa shape index (κ1) is 20.6. The van der Waals surface area contributed by atoms with Crippen LogP contribution < -0.4 is 10.1 Å². The van der Waals surface area contributed by atoms with Gasteiger partial charge in [-0.2, -0.15) is 0 Å². The maximum atomic E-state index is 12.5. The molecule has 0 aromatic heterocycles. The van der Waals surface area contributed by atoms with E-state index in [4.69, 9.17) is 9.47 Å². The number of hydrogen-bond acceptors (Lipinski definition) is 5. The molecule has 2 fully saturated rings. The molecule has 1 heterocycles. The van der Waals surface area contributed by atoms with Crippen LogP contribution in [-0.4, -0.2) is 60.8 Å². The van der Waals surface area contributed by atoms with Crippen LogP contribution in [-0.2, 0) is 20.9 Å². The van der Waals surface area contributed by atoms with Crippen LogP contribution in [0, 0.1) is 5.92 Å². The van der Waals surface area contributed by atoms with Crippen molar-refractivity contribution in [2.24, 2.45) is 5.92 Å². The Morgan fingerprint density at radius 1 is 1.18 bits per heavy atom. The number of methoxy groups -OCH3 is 1. The number of likely N-dealkylation sites (tertiary alicyclic amines) is 1. The summed E-state index contributed by atoms with van der Waals surface area (Å²) in [6.07, 6.45) is 5.01. The SMILES string of the molecule is COCCOc1ccc(CNC(=O)CN2C(C(=O)O)CC3CCCCC32)cc1. The Kier molecular flexibility index (Phi) is 7.28. The fourth-order valence-electron chi connectivity index (χ4n) is 4.39. The van der Waals surface area contributed by atoms with Gasteiger partial charge in [0.05, 0.1) is 13.2 Å². The fraction of sp³-hybridized carbons (Fsp3) is 0.619. The molecule has 3 rings (SSSR count). The number of aliphatic carboxylic acids is 1. The van der Waals surface area contributed by atoms with Crippen LogP contribution in [0.1, 0.15) is 37.7 Å². The van der Waals surface area contributed by atoms with Crippen molar-refractivity contribution in [3.05, 3.63) is 29.8 Å². The van der Waals surface area contributed by atoms with E-state index < -0.39 is 12.0 Å². The summed E-state index contributed by atoms with van der Waals surface area (Å²) in [4.78, 5) is 26.0. The highest BCUT2D eigenvalue weighted by Crippen LogP contribution is 2.39. The molecule has 1 aliphatic heterocycles. The molecule has 2 N–H and O–H groups in total. The number of nitrogens with one attached hydrogen (secondary N) is 1. The number of carboxylic acids is 1. The van der Waals surface area contributed by atoms with Crippen LogP contribution in [0.25, 0.3) is 0 Å². The zero-order valence-corrected chi connectivity index (χ0v) is 16.4. The molecule has 2 aliphatic rings. The highest BCUT2D eigenvalue weighted by molar-refractivity contribution is 5.80. The van der Waals surface area contributed by atoms with Crippen molar-refractivity contribution < 1.29 is 24.2 Å². The predicted octanol–water partition coefficient (Wildman–Crippen LogP) is 2.05. The number of nitrogens with zero attached hydrogens (tertiary/aromatic N) is 1. The number of rotatable bonds is 9. The monoisotopic (exact) mass is 390 g/mol. The second-order valence-electron chi connectivity index (χ2n) is 7.64. The van der Waals surface area contributed by atoms with Crippen molar-refractivity contribution >= 4 is 11.9 Å². The summed E-state index contributed by atoms with van der Waals surface area (Å²) >= 11 is 0. The lowest BCUT2D eigenvalue weighted by atomic mass is 9.85. The number of carbonyl (C=O) groups excluding carboxylic acids is 1. The van der Waals surface area contributed by atoms with E-state index in [1.165, 1.54) is 6.42 Å². The smallest absolute Gasteiger partial charge is 0.320 e. The average molecular weight is 390 g/mol. The molecule has 0 radical (unpaired) electrons. The van der Waals surface area contributed by atoms with E-state index >= 15 is 0 Å².